The first kappa shape index (κ1) is 18.2. The van der Waals surface area contributed by atoms with E-state index in [9.17, 15) is 4.79 Å². The van der Waals surface area contributed by atoms with Crippen molar-refractivity contribution in [2.45, 2.75) is 6.92 Å². The molecular weight excluding hydrogens is 441 g/mol. The molecule has 6 heteroatoms. The summed E-state index contributed by atoms with van der Waals surface area (Å²) < 4.78 is 8.26. The van der Waals surface area contributed by atoms with E-state index >= 15 is 0 Å². The standard InChI is InChI=1S/C20H18IN3O2/c1-14-10-15(13-24(14)17-6-4-3-5-7-17)12-22-23-20(25)16-8-9-18(21)19(11-16)26-2/h3-13H,1-2H3,(H,23,25)/b22-12+. The predicted octanol–water partition coefficient (Wildman–Crippen LogP) is 4.16. The molecule has 0 atom stereocenters. The minimum absolute atomic E-state index is 0.282. The molecule has 0 aliphatic heterocycles. The fourth-order valence-corrected chi connectivity index (χ4v) is 3.12. The summed E-state index contributed by atoms with van der Waals surface area (Å²) in [6, 6.07) is 17.3. The molecule has 0 spiro atoms. The largest absolute Gasteiger partial charge is 0.496 e. The highest BCUT2D eigenvalue weighted by molar-refractivity contribution is 14.1. The molecule has 0 unspecified atom stereocenters. The molecule has 1 heterocycles. The monoisotopic (exact) mass is 459 g/mol. The van der Waals surface area contributed by atoms with Gasteiger partial charge in [-0.05, 0) is 65.9 Å². The van der Waals surface area contributed by atoms with Gasteiger partial charge in [0.15, 0.2) is 0 Å². The molecule has 3 rings (SSSR count). The van der Waals surface area contributed by atoms with Gasteiger partial charge in [0.2, 0.25) is 0 Å². The van der Waals surface area contributed by atoms with E-state index in [0.29, 0.717) is 11.3 Å². The molecule has 0 saturated carbocycles. The molecule has 5 nitrogen and oxygen atoms in total. The lowest BCUT2D eigenvalue weighted by Gasteiger charge is -2.05. The number of para-hydroxylation sites is 1. The van der Waals surface area contributed by atoms with E-state index in [1.165, 1.54) is 0 Å². The van der Waals surface area contributed by atoms with Crippen molar-refractivity contribution in [3.05, 3.63) is 81.2 Å². The zero-order valence-corrected chi connectivity index (χ0v) is 16.6. The molecule has 0 aliphatic rings. The van der Waals surface area contributed by atoms with Crippen LogP contribution in [-0.4, -0.2) is 23.8 Å². The quantitative estimate of drug-likeness (QED) is 0.354. The van der Waals surface area contributed by atoms with Crippen molar-refractivity contribution in [1.29, 1.82) is 0 Å². The number of nitrogens with zero attached hydrogens (tertiary/aromatic N) is 2. The van der Waals surface area contributed by atoms with E-state index in [-0.39, 0.29) is 5.91 Å². The third-order valence-electron chi connectivity index (χ3n) is 3.86. The van der Waals surface area contributed by atoms with E-state index in [2.05, 4.69) is 37.7 Å². The Morgan fingerprint density at radius 2 is 1.96 bits per heavy atom. The summed E-state index contributed by atoms with van der Waals surface area (Å²) >= 11 is 2.16. The van der Waals surface area contributed by atoms with Crippen LogP contribution in [0.5, 0.6) is 5.75 Å². The average Bonchev–Trinajstić information content (AvgIpc) is 3.03. The van der Waals surface area contributed by atoms with Gasteiger partial charge < -0.3 is 9.30 Å². The Labute approximate surface area is 165 Å². The van der Waals surface area contributed by atoms with Gasteiger partial charge in [-0.2, -0.15) is 5.10 Å². The van der Waals surface area contributed by atoms with E-state index in [0.717, 1.165) is 20.5 Å². The minimum atomic E-state index is -0.282. The molecule has 0 radical (unpaired) electrons. The fraction of sp³-hybridized carbons (Fsp3) is 0.100. The molecule has 0 bridgehead atoms. The van der Waals surface area contributed by atoms with Gasteiger partial charge >= 0.3 is 0 Å². The lowest BCUT2D eigenvalue weighted by Crippen LogP contribution is -2.17. The van der Waals surface area contributed by atoms with Crippen molar-refractivity contribution in [3.63, 3.8) is 0 Å². The molecule has 1 aromatic heterocycles. The highest BCUT2D eigenvalue weighted by atomic mass is 127. The number of hydrazone groups is 1. The molecule has 26 heavy (non-hydrogen) atoms. The maximum absolute atomic E-state index is 12.2. The zero-order chi connectivity index (χ0) is 18.5. The van der Waals surface area contributed by atoms with Crippen molar-refractivity contribution >= 4 is 34.7 Å². The van der Waals surface area contributed by atoms with Crippen LogP contribution in [0.25, 0.3) is 5.69 Å². The number of carbonyl (C=O) groups is 1. The maximum atomic E-state index is 12.2. The first-order chi connectivity index (χ1) is 12.6. The third-order valence-corrected chi connectivity index (χ3v) is 4.75. The summed E-state index contributed by atoms with van der Waals surface area (Å²) in [6.45, 7) is 2.03. The van der Waals surface area contributed by atoms with Gasteiger partial charge in [-0.1, -0.05) is 18.2 Å². The Hall–Kier alpha value is -2.61. The van der Waals surface area contributed by atoms with Crippen LogP contribution in [0.1, 0.15) is 21.6 Å². The van der Waals surface area contributed by atoms with E-state index in [1.807, 2.05) is 55.6 Å². The molecular formula is C20H18IN3O2. The highest BCUT2D eigenvalue weighted by Crippen LogP contribution is 2.21. The first-order valence-corrected chi connectivity index (χ1v) is 9.07. The number of nitrogens with one attached hydrogen (secondary N) is 1. The number of halogens is 1. The van der Waals surface area contributed by atoms with Gasteiger partial charge in [0.1, 0.15) is 5.75 Å². The third kappa shape index (κ3) is 4.13. The highest BCUT2D eigenvalue weighted by Gasteiger charge is 2.08. The van der Waals surface area contributed by atoms with Gasteiger partial charge in [0, 0.05) is 28.7 Å². The topological polar surface area (TPSA) is 55.6 Å². The van der Waals surface area contributed by atoms with Gasteiger partial charge in [-0.15, -0.1) is 0 Å². The van der Waals surface area contributed by atoms with Crippen LogP contribution in [0.3, 0.4) is 0 Å². The Balaban J connectivity index is 1.70. The van der Waals surface area contributed by atoms with Gasteiger partial charge in [0.05, 0.1) is 16.9 Å². The molecule has 2 aromatic carbocycles. The van der Waals surface area contributed by atoms with Gasteiger partial charge in [-0.25, -0.2) is 5.43 Å². The molecule has 0 fully saturated rings. The number of rotatable bonds is 5. The number of carbonyl (C=O) groups excluding carboxylic acids is 1. The Kier molecular flexibility index (Phi) is 5.72. The lowest BCUT2D eigenvalue weighted by atomic mass is 10.2. The van der Waals surface area contributed by atoms with Crippen LogP contribution in [0.15, 0.2) is 65.9 Å². The smallest absolute Gasteiger partial charge is 0.271 e. The fourth-order valence-electron chi connectivity index (χ4n) is 2.57. The number of aryl methyl sites for hydroxylation is 1. The molecule has 1 N–H and O–H groups in total. The molecule has 132 valence electrons. The first-order valence-electron chi connectivity index (χ1n) is 8.00. The molecule has 3 aromatic rings. The van der Waals surface area contributed by atoms with E-state index < -0.39 is 0 Å². The van der Waals surface area contributed by atoms with Crippen LogP contribution < -0.4 is 10.2 Å². The Morgan fingerprint density at radius 1 is 1.19 bits per heavy atom. The second kappa shape index (κ2) is 8.18. The number of hydrogen-bond donors (Lipinski definition) is 1. The summed E-state index contributed by atoms with van der Waals surface area (Å²) in [7, 11) is 1.58. The van der Waals surface area contributed by atoms with E-state index in [1.54, 1.807) is 25.5 Å². The second-order valence-corrected chi connectivity index (χ2v) is 6.83. The Morgan fingerprint density at radius 3 is 2.69 bits per heavy atom. The van der Waals surface area contributed by atoms with Crippen molar-refractivity contribution in [2.75, 3.05) is 7.11 Å². The van der Waals surface area contributed by atoms with Crippen molar-refractivity contribution in [2.24, 2.45) is 5.10 Å². The van der Waals surface area contributed by atoms with Crippen molar-refractivity contribution in [1.82, 2.24) is 9.99 Å². The predicted molar refractivity (Wildman–Crippen MR) is 111 cm³/mol. The number of benzene rings is 2. The summed E-state index contributed by atoms with van der Waals surface area (Å²) in [5, 5.41) is 4.06. The SMILES string of the molecule is COc1cc(C(=O)N/N=C/c2cc(C)n(-c3ccccc3)c2)ccc1I. The van der Waals surface area contributed by atoms with Gasteiger partial charge in [0.25, 0.3) is 5.91 Å². The normalized spacial score (nSPS) is 10.9. The summed E-state index contributed by atoms with van der Waals surface area (Å²) in [6.07, 6.45) is 3.61. The van der Waals surface area contributed by atoms with E-state index in [4.69, 9.17) is 4.74 Å². The molecule has 0 saturated heterocycles. The number of methoxy groups -OCH3 is 1. The second-order valence-electron chi connectivity index (χ2n) is 5.67. The van der Waals surface area contributed by atoms with Gasteiger partial charge in [-0.3, -0.25) is 4.79 Å². The Bertz CT molecular complexity index is 949. The van der Waals surface area contributed by atoms with Crippen LogP contribution in [0.2, 0.25) is 0 Å². The van der Waals surface area contributed by atoms with Crippen LogP contribution in [0.4, 0.5) is 0 Å². The van der Waals surface area contributed by atoms with Crippen LogP contribution in [-0.2, 0) is 0 Å². The average molecular weight is 459 g/mol. The zero-order valence-electron chi connectivity index (χ0n) is 14.4. The van der Waals surface area contributed by atoms with Crippen LogP contribution in [0, 0.1) is 10.5 Å². The summed E-state index contributed by atoms with van der Waals surface area (Å²) in [5.74, 6) is 0.382. The summed E-state index contributed by atoms with van der Waals surface area (Å²) in [4.78, 5) is 12.2. The maximum Gasteiger partial charge on any atom is 0.271 e. The number of ether oxygens (including phenoxy) is 1. The van der Waals surface area contributed by atoms with Crippen molar-refractivity contribution in [3.8, 4) is 11.4 Å². The minimum Gasteiger partial charge on any atom is -0.496 e. The molecule has 0 aliphatic carbocycles. The number of hydrogen-bond acceptors (Lipinski definition) is 3. The number of amides is 1. The number of aromatic nitrogens is 1. The lowest BCUT2D eigenvalue weighted by molar-refractivity contribution is 0.0954. The molecule has 1 amide bonds. The van der Waals surface area contributed by atoms with Crippen molar-refractivity contribution < 1.29 is 9.53 Å². The summed E-state index contributed by atoms with van der Waals surface area (Å²) in [5.41, 5.74) is 6.13. The van der Waals surface area contributed by atoms with Crippen LogP contribution >= 0.6 is 22.6 Å².